The normalized spacial score (nSPS) is 21.5. The van der Waals surface area contributed by atoms with Gasteiger partial charge >= 0.3 is 0 Å². The highest BCUT2D eigenvalue weighted by Crippen LogP contribution is 2.38. The molecule has 8 nitrogen and oxygen atoms in total. The minimum atomic E-state index is -4.15. The molecule has 1 aliphatic rings. The van der Waals surface area contributed by atoms with Gasteiger partial charge in [0, 0.05) is 6.54 Å². The van der Waals surface area contributed by atoms with E-state index in [1.165, 1.54) is 41.9 Å². The molecule has 1 heterocycles. The SMILES string of the molecule is CC1(C)CC(O)CN(S(=O)(=O)c2ccc(OCc3ccc(F)cc3)cc2)C1C(=O)NO. The number of amides is 1. The van der Waals surface area contributed by atoms with Gasteiger partial charge in [-0.3, -0.25) is 10.0 Å². The highest BCUT2D eigenvalue weighted by atomic mass is 32.2. The Balaban J connectivity index is 1.81. The second kappa shape index (κ2) is 8.91. The number of β-amino-alcohol motifs (C(OH)–C–C–N with tert-alkyl or cyclic N) is 1. The summed E-state index contributed by atoms with van der Waals surface area (Å²) in [6, 6.07) is 10.3. The summed E-state index contributed by atoms with van der Waals surface area (Å²) >= 11 is 0. The fraction of sp³-hybridized carbons (Fsp3) is 0.381. The third-order valence-electron chi connectivity index (χ3n) is 5.29. The number of piperidine rings is 1. The summed E-state index contributed by atoms with van der Waals surface area (Å²) in [6.07, 6.45) is -0.751. The van der Waals surface area contributed by atoms with Crippen LogP contribution in [0.15, 0.2) is 53.4 Å². The van der Waals surface area contributed by atoms with E-state index in [1.807, 2.05) is 0 Å². The van der Waals surface area contributed by atoms with Gasteiger partial charge in [0.05, 0.1) is 11.0 Å². The zero-order valence-electron chi connectivity index (χ0n) is 17.2. The summed E-state index contributed by atoms with van der Waals surface area (Å²) in [5.41, 5.74) is 1.38. The van der Waals surface area contributed by atoms with Crippen molar-refractivity contribution in [1.82, 2.24) is 9.79 Å². The average Bonchev–Trinajstić information content (AvgIpc) is 2.72. The number of hydrogen-bond acceptors (Lipinski definition) is 6. The van der Waals surface area contributed by atoms with E-state index in [0.717, 1.165) is 9.87 Å². The molecule has 3 N–H and O–H groups in total. The number of aliphatic hydroxyl groups is 1. The van der Waals surface area contributed by atoms with Crippen molar-refractivity contribution in [1.29, 1.82) is 0 Å². The third kappa shape index (κ3) is 5.04. The zero-order chi connectivity index (χ0) is 22.8. The van der Waals surface area contributed by atoms with Crippen molar-refractivity contribution in [3.8, 4) is 5.75 Å². The molecule has 0 spiro atoms. The minimum Gasteiger partial charge on any atom is -0.489 e. The van der Waals surface area contributed by atoms with Crippen molar-refractivity contribution < 1.29 is 32.7 Å². The predicted octanol–water partition coefficient (Wildman–Crippen LogP) is 2.06. The number of aliphatic hydroxyl groups excluding tert-OH is 1. The lowest BCUT2D eigenvalue weighted by Gasteiger charge is -2.45. The number of rotatable bonds is 6. The number of hydrogen-bond donors (Lipinski definition) is 3. The van der Waals surface area contributed by atoms with Crippen LogP contribution in [0.3, 0.4) is 0 Å². The molecule has 0 bridgehead atoms. The Bertz CT molecular complexity index is 1020. The number of halogens is 1. The molecule has 0 radical (unpaired) electrons. The van der Waals surface area contributed by atoms with E-state index in [2.05, 4.69) is 0 Å². The van der Waals surface area contributed by atoms with Gasteiger partial charge in [0.25, 0.3) is 5.91 Å². The van der Waals surface area contributed by atoms with Crippen molar-refractivity contribution in [2.45, 2.75) is 43.9 Å². The first kappa shape index (κ1) is 23.1. The number of sulfonamides is 1. The molecule has 31 heavy (non-hydrogen) atoms. The van der Waals surface area contributed by atoms with Gasteiger partial charge in [-0.05, 0) is 53.8 Å². The number of nitrogens with one attached hydrogen (secondary N) is 1. The van der Waals surface area contributed by atoms with Crippen LogP contribution in [0.4, 0.5) is 4.39 Å². The summed E-state index contributed by atoms with van der Waals surface area (Å²) in [5.74, 6) is -0.802. The standard InChI is InChI=1S/C21H25FN2O6S/c1-21(2)11-16(25)12-24(19(21)20(26)23-27)31(28,29)18-9-7-17(8-10-18)30-13-14-3-5-15(22)6-4-14/h3-10,16,19,25,27H,11-13H2,1-2H3,(H,23,26). The molecule has 168 valence electrons. The molecule has 1 fully saturated rings. The number of carbonyl (C=O) groups excluding carboxylic acids is 1. The molecule has 0 aromatic heterocycles. The van der Waals surface area contributed by atoms with Gasteiger partial charge in [-0.15, -0.1) is 0 Å². The molecule has 2 unspecified atom stereocenters. The van der Waals surface area contributed by atoms with Crippen LogP contribution in [0.5, 0.6) is 5.75 Å². The van der Waals surface area contributed by atoms with Crippen molar-refractivity contribution in [2.75, 3.05) is 6.54 Å². The van der Waals surface area contributed by atoms with E-state index >= 15 is 0 Å². The maximum Gasteiger partial charge on any atom is 0.262 e. The lowest BCUT2D eigenvalue weighted by Crippen LogP contribution is -2.62. The van der Waals surface area contributed by atoms with Crippen LogP contribution in [0.1, 0.15) is 25.8 Å². The summed E-state index contributed by atoms with van der Waals surface area (Å²) in [7, 11) is -4.15. The van der Waals surface area contributed by atoms with E-state index in [4.69, 9.17) is 9.94 Å². The Morgan fingerprint density at radius 2 is 1.81 bits per heavy atom. The molecule has 10 heteroatoms. The molecule has 0 aliphatic carbocycles. The molecule has 1 saturated heterocycles. The van der Waals surface area contributed by atoms with Crippen molar-refractivity contribution in [3.63, 3.8) is 0 Å². The van der Waals surface area contributed by atoms with E-state index in [0.29, 0.717) is 5.75 Å². The maximum absolute atomic E-state index is 13.3. The Hall–Kier alpha value is -2.53. The topological polar surface area (TPSA) is 116 Å². The molecule has 1 aliphatic heterocycles. The predicted molar refractivity (Wildman–Crippen MR) is 109 cm³/mol. The van der Waals surface area contributed by atoms with Crippen LogP contribution in [0.2, 0.25) is 0 Å². The molecule has 2 aromatic carbocycles. The first-order valence-corrected chi connectivity index (χ1v) is 11.1. The zero-order valence-corrected chi connectivity index (χ0v) is 18.0. The van der Waals surface area contributed by atoms with Crippen LogP contribution in [0, 0.1) is 11.2 Å². The highest BCUT2D eigenvalue weighted by molar-refractivity contribution is 7.89. The second-order valence-electron chi connectivity index (χ2n) is 8.19. The number of hydroxylamine groups is 1. The number of nitrogens with zero attached hydrogens (tertiary/aromatic N) is 1. The number of ether oxygens (including phenoxy) is 1. The van der Waals surface area contributed by atoms with Gasteiger partial charge in [0.2, 0.25) is 10.0 Å². The van der Waals surface area contributed by atoms with Gasteiger partial charge in [-0.2, -0.15) is 4.31 Å². The quantitative estimate of drug-likeness (QED) is 0.456. The maximum atomic E-state index is 13.3. The lowest BCUT2D eigenvalue weighted by atomic mass is 9.76. The monoisotopic (exact) mass is 452 g/mol. The third-order valence-corrected chi connectivity index (χ3v) is 7.13. The largest absolute Gasteiger partial charge is 0.489 e. The average molecular weight is 453 g/mol. The molecule has 0 saturated carbocycles. The first-order chi connectivity index (χ1) is 14.5. The van der Waals surface area contributed by atoms with Gasteiger partial charge in [0.1, 0.15) is 24.2 Å². The summed E-state index contributed by atoms with van der Waals surface area (Å²) in [4.78, 5) is 12.2. The fourth-order valence-electron chi connectivity index (χ4n) is 3.86. The van der Waals surface area contributed by atoms with Crippen LogP contribution < -0.4 is 10.2 Å². The van der Waals surface area contributed by atoms with Crippen LogP contribution >= 0.6 is 0 Å². The van der Waals surface area contributed by atoms with Gasteiger partial charge in [-0.25, -0.2) is 18.3 Å². The minimum absolute atomic E-state index is 0.0812. The number of carbonyl (C=O) groups is 1. The van der Waals surface area contributed by atoms with Gasteiger partial charge in [-0.1, -0.05) is 26.0 Å². The smallest absolute Gasteiger partial charge is 0.262 e. The Morgan fingerprint density at radius 3 is 2.39 bits per heavy atom. The van der Waals surface area contributed by atoms with E-state index < -0.39 is 33.5 Å². The van der Waals surface area contributed by atoms with Crippen molar-refractivity contribution >= 4 is 15.9 Å². The highest BCUT2D eigenvalue weighted by Gasteiger charge is 2.50. The summed E-state index contributed by atoms with van der Waals surface area (Å²) in [6.45, 7) is 3.22. The summed E-state index contributed by atoms with van der Waals surface area (Å²) < 4.78 is 46.0. The number of benzene rings is 2. The van der Waals surface area contributed by atoms with Crippen LogP contribution in [-0.2, 0) is 21.4 Å². The fourth-order valence-corrected chi connectivity index (χ4v) is 5.64. The molecule has 2 aromatic rings. The van der Waals surface area contributed by atoms with Crippen molar-refractivity contribution in [3.05, 3.63) is 59.9 Å². The van der Waals surface area contributed by atoms with Gasteiger partial charge in [0.15, 0.2) is 0 Å². The van der Waals surface area contributed by atoms with E-state index in [-0.39, 0.29) is 30.3 Å². The Labute approximate surface area is 180 Å². The Kier molecular flexibility index (Phi) is 6.65. The van der Waals surface area contributed by atoms with E-state index in [1.54, 1.807) is 26.0 Å². The molecule has 2 atom stereocenters. The molecular formula is C21H25FN2O6S. The Morgan fingerprint density at radius 1 is 1.19 bits per heavy atom. The van der Waals surface area contributed by atoms with Crippen LogP contribution in [0.25, 0.3) is 0 Å². The second-order valence-corrected chi connectivity index (χ2v) is 10.1. The molecule has 1 amide bonds. The van der Waals surface area contributed by atoms with E-state index in [9.17, 15) is 22.7 Å². The molecular weight excluding hydrogens is 427 g/mol. The molecule has 3 rings (SSSR count). The first-order valence-electron chi connectivity index (χ1n) is 9.66. The van der Waals surface area contributed by atoms with Crippen LogP contribution in [-0.4, -0.2) is 47.6 Å². The summed E-state index contributed by atoms with van der Waals surface area (Å²) in [5, 5.41) is 19.3. The lowest BCUT2D eigenvalue weighted by molar-refractivity contribution is -0.140. The van der Waals surface area contributed by atoms with Gasteiger partial charge < -0.3 is 9.84 Å². The van der Waals surface area contributed by atoms with Crippen molar-refractivity contribution in [2.24, 2.45) is 5.41 Å².